The van der Waals surface area contributed by atoms with Gasteiger partial charge in [-0.1, -0.05) is 22.9 Å². The third-order valence-corrected chi connectivity index (χ3v) is 5.62. The molecule has 0 bridgehead atoms. The van der Waals surface area contributed by atoms with Gasteiger partial charge in [-0.15, -0.1) is 0 Å². The van der Waals surface area contributed by atoms with Crippen LogP contribution in [-0.2, 0) is 13.0 Å². The number of benzene rings is 1. The van der Waals surface area contributed by atoms with E-state index < -0.39 is 11.6 Å². The normalized spacial score (nSPS) is 12.0. The molecule has 0 spiro atoms. The number of carbonyl (C=O) groups is 1. The van der Waals surface area contributed by atoms with Crippen molar-refractivity contribution in [2.45, 2.75) is 65.5 Å². The minimum atomic E-state index is -1.11. The van der Waals surface area contributed by atoms with E-state index in [9.17, 15) is 9.90 Å². The number of rotatable bonds is 7. The number of aromatic nitrogens is 3. The Balaban J connectivity index is 1.87. The fourth-order valence-corrected chi connectivity index (χ4v) is 4.08. The van der Waals surface area contributed by atoms with Crippen LogP contribution in [0.5, 0.6) is 0 Å². The first-order valence-corrected chi connectivity index (χ1v) is 10.9. The van der Waals surface area contributed by atoms with Gasteiger partial charge in [0, 0.05) is 34.9 Å². The summed E-state index contributed by atoms with van der Waals surface area (Å²) in [6, 6.07) is 6.13. The van der Waals surface area contributed by atoms with Crippen molar-refractivity contribution in [2.75, 3.05) is 6.54 Å². The SMILES string of the molecule is CCCc1nc2cnc3cc(Br)ccc3c2n1CCCCN(C(=O)[O-])C(C)(C)C. The second kappa shape index (κ2) is 8.69. The van der Waals surface area contributed by atoms with Gasteiger partial charge in [0.2, 0.25) is 0 Å². The molecule has 0 aliphatic heterocycles. The number of imidazole rings is 1. The lowest BCUT2D eigenvalue weighted by molar-refractivity contribution is -0.270. The summed E-state index contributed by atoms with van der Waals surface area (Å²) in [6.07, 6.45) is 4.28. The molecule has 0 atom stereocenters. The number of nitrogens with zero attached hydrogens (tertiary/aromatic N) is 4. The van der Waals surface area contributed by atoms with Gasteiger partial charge >= 0.3 is 0 Å². The second-order valence-electron chi connectivity index (χ2n) is 8.38. The standard InChI is InChI=1S/C22H29BrN4O2/c1-5-8-19-25-18-14-24-17-13-15(23)9-10-16(17)20(18)26(19)11-6-7-12-27(21(28)29)22(2,3)4/h9-10,13-14H,5-8,11-12H2,1-4H3,(H,28,29)/p-1. The maximum absolute atomic E-state index is 11.4. The molecule has 156 valence electrons. The molecule has 0 aliphatic rings. The van der Waals surface area contributed by atoms with Crippen LogP contribution >= 0.6 is 15.9 Å². The molecule has 0 saturated heterocycles. The fourth-order valence-electron chi connectivity index (χ4n) is 3.73. The van der Waals surface area contributed by atoms with Crippen LogP contribution in [0.15, 0.2) is 28.9 Å². The summed E-state index contributed by atoms with van der Waals surface area (Å²) in [7, 11) is 0. The second-order valence-corrected chi connectivity index (χ2v) is 9.29. The number of pyridine rings is 1. The molecule has 0 fully saturated rings. The van der Waals surface area contributed by atoms with Crippen LogP contribution in [0.25, 0.3) is 21.9 Å². The Kier molecular flexibility index (Phi) is 6.46. The zero-order chi connectivity index (χ0) is 21.2. The predicted molar refractivity (Wildman–Crippen MR) is 118 cm³/mol. The molecule has 0 N–H and O–H groups in total. The number of fused-ring (bicyclic) bond motifs is 3. The van der Waals surface area contributed by atoms with Crippen molar-refractivity contribution in [1.82, 2.24) is 19.4 Å². The van der Waals surface area contributed by atoms with Gasteiger partial charge in [0.15, 0.2) is 0 Å². The highest BCUT2D eigenvalue weighted by Gasteiger charge is 2.20. The third kappa shape index (κ3) is 4.71. The largest absolute Gasteiger partial charge is 0.530 e. The predicted octanol–water partition coefficient (Wildman–Crippen LogP) is 4.52. The van der Waals surface area contributed by atoms with Crippen LogP contribution in [0.3, 0.4) is 0 Å². The Bertz CT molecular complexity index is 1020. The van der Waals surface area contributed by atoms with Crippen LogP contribution in [0.2, 0.25) is 0 Å². The zero-order valence-corrected chi connectivity index (χ0v) is 19.1. The summed E-state index contributed by atoms with van der Waals surface area (Å²) in [4.78, 5) is 22.2. The van der Waals surface area contributed by atoms with E-state index in [0.29, 0.717) is 6.54 Å². The molecule has 0 aliphatic carbocycles. The minimum absolute atomic E-state index is 0.455. The summed E-state index contributed by atoms with van der Waals surface area (Å²) in [6.45, 7) is 9.09. The lowest BCUT2D eigenvalue weighted by atomic mass is 10.1. The van der Waals surface area contributed by atoms with Crippen LogP contribution in [0, 0.1) is 0 Å². The van der Waals surface area contributed by atoms with E-state index >= 15 is 0 Å². The summed E-state index contributed by atoms with van der Waals surface area (Å²) in [5.74, 6) is 1.06. The molecular formula is C22H28BrN4O2-. The lowest BCUT2D eigenvalue weighted by Crippen LogP contribution is -2.51. The molecule has 7 heteroatoms. The summed E-state index contributed by atoms with van der Waals surface area (Å²) >= 11 is 3.52. The molecule has 1 amide bonds. The first-order valence-electron chi connectivity index (χ1n) is 10.1. The number of hydrogen-bond donors (Lipinski definition) is 0. The Hall–Kier alpha value is -2.15. The van der Waals surface area contributed by atoms with Crippen molar-refractivity contribution in [3.05, 3.63) is 34.7 Å². The maximum Gasteiger partial charge on any atom is 0.137 e. The molecule has 1 aromatic carbocycles. The maximum atomic E-state index is 11.4. The number of halogens is 1. The highest BCUT2D eigenvalue weighted by atomic mass is 79.9. The van der Waals surface area contributed by atoms with Crippen molar-refractivity contribution in [2.24, 2.45) is 0 Å². The van der Waals surface area contributed by atoms with E-state index in [2.05, 4.69) is 38.5 Å². The fraction of sp³-hybridized carbons (Fsp3) is 0.500. The molecule has 3 aromatic rings. The van der Waals surface area contributed by atoms with Crippen LogP contribution in [-0.4, -0.2) is 37.6 Å². The summed E-state index contributed by atoms with van der Waals surface area (Å²) in [5, 5.41) is 12.5. The summed E-state index contributed by atoms with van der Waals surface area (Å²) < 4.78 is 3.29. The van der Waals surface area contributed by atoms with Gasteiger partial charge in [-0.2, -0.15) is 0 Å². The monoisotopic (exact) mass is 459 g/mol. The Morgan fingerprint density at radius 1 is 1.24 bits per heavy atom. The van der Waals surface area contributed by atoms with E-state index in [4.69, 9.17) is 4.98 Å². The van der Waals surface area contributed by atoms with Gasteiger partial charge in [0.1, 0.15) is 17.4 Å². The highest BCUT2D eigenvalue weighted by molar-refractivity contribution is 9.10. The van der Waals surface area contributed by atoms with Crippen molar-refractivity contribution >= 4 is 44.0 Å². The van der Waals surface area contributed by atoms with Gasteiger partial charge in [-0.25, -0.2) is 4.98 Å². The van der Waals surface area contributed by atoms with Gasteiger partial charge in [0.25, 0.3) is 0 Å². The van der Waals surface area contributed by atoms with Crippen LogP contribution in [0.4, 0.5) is 4.79 Å². The van der Waals surface area contributed by atoms with Crippen molar-refractivity contribution in [3.8, 4) is 0 Å². The van der Waals surface area contributed by atoms with Crippen LogP contribution < -0.4 is 5.11 Å². The van der Waals surface area contributed by atoms with Gasteiger partial charge in [-0.05, 0) is 58.2 Å². The number of amides is 1. The summed E-state index contributed by atoms with van der Waals surface area (Å²) in [5.41, 5.74) is 2.50. The smallest absolute Gasteiger partial charge is 0.137 e. The molecule has 6 nitrogen and oxygen atoms in total. The molecule has 29 heavy (non-hydrogen) atoms. The van der Waals surface area contributed by atoms with Gasteiger partial charge < -0.3 is 19.4 Å². The number of hydrogen-bond acceptors (Lipinski definition) is 4. The molecule has 3 rings (SSSR count). The Morgan fingerprint density at radius 3 is 2.66 bits per heavy atom. The molecule has 0 radical (unpaired) electrons. The average molecular weight is 460 g/mol. The van der Waals surface area contributed by atoms with Crippen LogP contribution in [0.1, 0.15) is 52.8 Å². The van der Waals surface area contributed by atoms with Crippen molar-refractivity contribution in [1.29, 1.82) is 0 Å². The van der Waals surface area contributed by atoms with E-state index in [0.717, 1.165) is 64.5 Å². The van der Waals surface area contributed by atoms with Gasteiger partial charge in [0.05, 0.1) is 17.2 Å². The van der Waals surface area contributed by atoms with E-state index in [1.54, 1.807) is 0 Å². The van der Waals surface area contributed by atoms with E-state index in [-0.39, 0.29) is 0 Å². The quantitative estimate of drug-likeness (QED) is 0.486. The molecule has 2 heterocycles. The Labute approximate surface area is 180 Å². The first kappa shape index (κ1) is 21.6. The van der Waals surface area contributed by atoms with Crippen molar-refractivity contribution in [3.63, 3.8) is 0 Å². The highest BCUT2D eigenvalue weighted by Crippen LogP contribution is 2.28. The van der Waals surface area contributed by atoms with E-state index in [1.165, 1.54) is 4.90 Å². The molecule has 2 aromatic heterocycles. The first-order chi connectivity index (χ1) is 13.7. The number of aryl methyl sites for hydroxylation is 2. The average Bonchev–Trinajstić information content (AvgIpc) is 2.98. The molecular weight excluding hydrogens is 432 g/mol. The Morgan fingerprint density at radius 2 is 2.00 bits per heavy atom. The lowest BCUT2D eigenvalue weighted by Gasteiger charge is -2.38. The molecule has 0 saturated carbocycles. The van der Waals surface area contributed by atoms with Gasteiger partial charge in [-0.3, -0.25) is 4.98 Å². The molecule has 0 unspecified atom stereocenters. The zero-order valence-electron chi connectivity index (χ0n) is 17.5. The third-order valence-electron chi connectivity index (χ3n) is 5.13. The number of unbranched alkanes of at least 4 members (excludes halogenated alkanes) is 1. The van der Waals surface area contributed by atoms with Crippen molar-refractivity contribution < 1.29 is 9.90 Å². The van der Waals surface area contributed by atoms with E-state index in [1.807, 2.05) is 39.1 Å². The topological polar surface area (TPSA) is 74.1 Å². The minimum Gasteiger partial charge on any atom is -0.530 e. The number of carbonyl (C=O) groups excluding carboxylic acids is 1. The number of carboxylic acid groups (broad SMARTS) is 1.